The van der Waals surface area contributed by atoms with E-state index in [-0.39, 0.29) is 11.8 Å². The van der Waals surface area contributed by atoms with Crippen molar-refractivity contribution in [3.8, 4) is 45.2 Å². The first-order valence-corrected chi connectivity index (χ1v) is 25.7. The summed E-state index contributed by atoms with van der Waals surface area (Å²) in [6.45, 7) is 6.00. The molecule has 4 amide bonds. The SMILES string of the molecule is CCn1c2ccccc2c2cc(-c3ccc4c5c(cccc35)C(=O)N(c3ccc(-c5nnc(-c6ccc(N7C(=O)c8cccc9c(-c%10ccc%11c(c%10)c%10ccccc%10n%11CC)ccc(c89)C7=O)cc6)o5)cc3)C4=O)ccc21. The Bertz CT molecular complexity index is 4410. The molecule has 15 rings (SSSR count). The molecular weight excluding hydrogens is 957 g/mol. The summed E-state index contributed by atoms with van der Waals surface area (Å²) in [5.41, 5.74) is 12.4. The molecule has 3 aromatic heterocycles. The van der Waals surface area contributed by atoms with Gasteiger partial charge in [0.15, 0.2) is 0 Å². The fraction of sp³-hybridized carbons (Fsp3) is 0.0606. The molecule has 0 aliphatic carbocycles. The van der Waals surface area contributed by atoms with E-state index < -0.39 is 23.6 Å². The first kappa shape index (κ1) is 44.2. The monoisotopic (exact) mass is 998 g/mol. The Balaban J connectivity index is 0.679. The van der Waals surface area contributed by atoms with E-state index >= 15 is 0 Å². The van der Waals surface area contributed by atoms with Crippen LogP contribution in [0.15, 0.2) is 199 Å². The summed E-state index contributed by atoms with van der Waals surface area (Å²) >= 11 is 0. The average Bonchev–Trinajstić information content (AvgIpc) is 4.21. The number of carbonyl (C=O) groups excluding carboxylic acids is 4. The molecule has 11 nitrogen and oxygen atoms in total. The van der Waals surface area contributed by atoms with E-state index in [0.29, 0.717) is 55.5 Å². The van der Waals surface area contributed by atoms with E-state index in [1.54, 1.807) is 60.7 Å². The number of anilines is 2. The van der Waals surface area contributed by atoms with E-state index in [9.17, 15) is 19.2 Å². The topological polar surface area (TPSA) is 124 Å². The molecule has 0 saturated heterocycles. The number of aromatic nitrogens is 4. The maximum Gasteiger partial charge on any atom is 0.265 e. The van der Waals surface area contributed by atoms with Crippen molar-refractivity contribution in [1.29, 1.82) is 0 Å². The van der Waals surface area contributed by atoms with Crippen LogP contribution in [0.4, 0.5) is 11.4 Å². The van der Waals surface area contributed by atoms with Gasteiger partial charge in [-0.05, 0) is 156 Å². The lowest BCUT2D eigenvalue weighted by atomic mass is 9.88. The normalized spacial score (nSPS) is 13.5. The number of nitrogens with zero attached hydrogens (tertiary/aromatic N) is 6. The average molecular weight is 999 g/mol. The minimum Gasteiger partial charge on any atom is -0.416 e. The summed E-state index contributed by atoms with van der Waals surface area (Å²) in [4.78, 5) is 59.8. The van der Waals surface area contributed by atoms with E-state index in [1.165, 1.54) is 31.6 Å². The van der Waals surface area contributed by atoms with Gasteiger partial charge in [0.25, 0.3) is 23.6 Å². The fourth-order valence-electron chi connectivity index (χ4n) is 12.3. The molecule has 13 aromatic rings. The van der Waals surface area contributed by atoms with Crippen LogP contribution in [0.1, 0.15) is 55.3 Å². The minimum atomic E-state index is -0.410. The van der Waals surface area contributed by atoms with Crippen molar-refractivity contribution in [2.75, 3.05) is 9.80 Å². The van der Waals surface area contributed by atoms with Gasteiger partial charge in [-0.15, -0.1) is 10.2 Å². The largest absolute Gasteiger partial charge is 0.416 e. The van der Waals surface area contributed by atoms with Crippen molar-refractivity contribution in [2.24, 2.45) is 0 Å². The predicted molar refractivity (Wildman–Crippen MR) is 304 cm³/mol. The van der Waals surface area contributed by atoms with Gasteiger partial charge < -0.3 is 13.6 Å². The highest BCUT2D eigenvalue weighted by Crippen LogP contribution is 2.43. The van der Waals surface area contributed by atoms with Crippen molar-refractivity contribution in [3.63, 3.8) is 0 Å². The van der Waals surface area contributed by atoms with Crippen LogP contribution in [-0.2, 0) is 13.1 Å². The number of rotatable bonds is 8. The van der Waals surface area contributed by atoms with Crippen LogP contribution in [-0.4, -0.2) is 43.0 Å². The van der Waals surface area contributed by atoms with E-state index in [1.807, 2.05) is 48.5 Å². The summed E-state index contributed by atoms with van der Waals surface area (Å²) in [7, 11) is 0. The quantitative estimate of drug-likeness (QED) is 0.139. The van der Waals surface area contributed by atoms with Gasteiger partial charge in [-0.1, -0.05) is 84.9 Å². The maximum absolute atomic E-state index is 14.3. The Morgan fingerprint density at radius 3 is 1.10 bits per heavy atom. The molecule has 2 aliphatic rings. The molecule has 0 saturated carbocycles. The third kappa shape index (κ3) is 6.37. The molecule has 0 bridgehead atoms. The number of hydrogen-bond acceptors (Lipinski definition) is 7. The van der Waals surface area contributed by atoms with Gasteiger partial charge in [0.1, 0.15) is 0 Å². The van der Waals surface area contributed by atoms with Gasteiger partial charge in [0.2, 0.25) is 11.8 Å². The molecule has 0 N–H and O–H groups in total. The summed E-state index contributed by atoms with van der Waals surface area (Å²) in [5, 5.41) is 16.3. The second-order valence-electron chi connectivity index (χ2n) is 19.7. The zero-order chi connectivity index (χ0) is 51.8. The van der Waals surface area contributed by atoms with Crippen LogP contribution < -0.4 is 9.80 Å². The van der Waals surface area contributed by atoms with Gasteiger partial charge in [-0.2, -0.15) is 0 Å². The highest BCUT2D eigenvalue weighted by Gasteiger charge is 2.36. The molecule has 2 aliphatic heterocycles. The van der Waals surface area contributed by atoms with Crippen LogP contribution in [0.5, 0.6) is 0 Å². The molecule has 0 radical (unpaired) electrons. The molecule has 0 atom stereocenters. The highest BCUT2D eigenvalue weighted by molar-refractivity contribution is 6.38. The third-order valence-corrected chi connectivity index (χ3v) is 15.8. The molecular formula is C66H42N6O5. The number of benzene rings is 10. The second kappa shape index (κ2) is 16.6. The summed E-state index contributed by atoms with van der Waals surface area (Å²) in [6, 6.07) is 62.4. The molecule has 11 heteroatoms. The molecule has 5 heterocycles. The predicted octanol–water partition coefficient (Wildman–Crippen LogP) is 14.9. The van der Waals surface area contributed by atoms with Gasteiger partial charge >= 0.3 is 0 Å². The Morgan fingerprint density at radius 1 is 0.338 bits per heavy atom. The van der Waals surface area contributed by atoms with Crippen LogP contribution >= 0.6 is 0 Å². The number of hydrogen-bond donors (Lipinski definition) is 0. The maximum atomic E-state index is 14.3. The fourth-order valence-corrected chi connectivity index (χ4v) is 12.3. The molecule has 0 fully saturated rings. The Labute approximate surface area is 439 Å². The number of aryl methyl sites for hydroxylation is 2. The van der Waals surface area contributed by atoms with Crippen molar-refractivity contribution < 1.29 is 23.6 Å². The van der Waals surface area contributed by atoms with Crippen LogP contribution in [0.2, 0.25) is 0 Å². The number of para-hydroxylation sites is 2. The number of carbonyl (C=O) groups is 4. The molecule has 366 valence electrons. The summed E-state index contributed by atoms with van der Waals surface area (Å²) in [5.74, 6) is -1.18. The third-order valence-electron chi connectivity index (χ3n) is 15.8. The lowest BCUT2D eigenvalue weighted by molar-refractivity contribution is 0.0877. The number of amides is 4. The Morgan fingerprint density at radius 2 is 0.688 bits per heavy atom. The molecule has 0 unspecified atom stereocenters. The lowest BCUT2D eigenvalue weighted by Gasteiger charge is -2.28. The second-order valence-corrected chi connectivity index (χ2v) is 19.7. The van der Waals surface area contributed by atoms with Crippen LogP contribution in [0.25, 0.3) is 110 Å². The first-order valence-electron chi connectivity index (χ1n) is 25.7. The highest BCUT2D eigenvalue weighted by atomic mass is 16.4. The van der Waals surface area contributed by atoms with Crippen molar-refractivity contribution in [1.82, 2.24) is 19.3 Å². The molecule has 10 aromatic carbocycles. The van der Waals surface area contributed by atoms with Crippen LogP contribution in [0.3, 0.4) is 0 Å². The van der Waals surface area contributed by atoms with Crippen molar-refractivity contribution in [2.45, 2.75) is 26.9 Å². The van der Waals surface area contributed by atoms with Gasteiger partial charge in [-0.25, -0.2) is 9.80 Å². The number of fused-ring (bicyclic) bond motifs is 6. The molecule has 0 spiro atoms. The van der Waals surface area contributed by atoms with Crippen molar-refractivity contribution >= 4 is 100 Å². The Hall–Kier alpha value is -10.3. The van der Waals surface area contributed by atoms with E-state index in [4.69, 9.17) is 4.42 Å². The number of imide groups is 2. The van der Waals surface area contributed by atoms with E-state index in [2.05, 4.69) is 118 Å². The Kier molecular flexibility index (Phi) is 9.55. The van der Waals surface area contributed by atoms with Crippen molar-refractivity contribution in [3.05, 3.63) is 216 Å². The lowest BCUT2D eigenvalue weighted by Crippen LogP contribution is -2.40. The minimum absolute atomic E-state index is 0.227. The summed E-state index contributed by atoms with van der Waals surface area (Å²) in [6.07, 6.45) is 0. The van der Waals surface area contributed by atoms with Gasteiger partial charge in [0.05, 0.1) is 11.4 Å². The van der Waals surface area contributed by atoms with Gasteiger partial charge in [-0.3, -0.25) is 19.2 Å². The summed E-state index contributed by atoms with van der Waals surface area (Å²) < 4.78 is 10.8. The van der Waals surface area contributed by atoms with Crippen LogP contribution in [0, 0.1) is 0 Å². The first-order chi connectivity index (χ1) is 37.8. The van der Waals surface area contributed by atoms with E-state index in [0.717, 1.165) is 67.9 Å². The standard InChI is InChI=1S/C66H42N6O5/c1-3-69-55-17-7-5-11-45(55)53-35-39(23-33-57(53)69)43-29-31-51-59-47(43)13-9-15-49(59)63(73)71(65(51)75)41-25-19-37(20-26-41)61-67-68-62(77-61)38-21-27-42(28-22-38)72-64(74)50-16-10-14-48-44(30-32-52(60(48)50)66(72)76)40-24-34-58-54(36-40)46-12-6-8-18-56(46)70(58)4-2/h5-36H,3-4H2,1-2H3. The van der Waals surface area contributed by atoms with Gasteiger partial charge in [0, 0.05) is 101 Å². The molecule has 77 heavy (non-hydrogen) atoms. The zero-order valence-electron chi connectivity index (χ0n) is 41.6. The zero-order valence-corrected chi connectivity index (χ0v) is 41.6. The smallest absolute Gasteiger partial charge is 0.265 e.